The highest BCUT2D eigenvalue weighted by molar-refractivity contribution is 5.83. The van der Waals surface area contributed by atoms with Gasteiger partial charge in [0.1, 0.15) is 0 Å². The molecule has 4 aromatic carbocycles. The highest BCUT2D eigenvalue weighted by atomic mass is 14.6. The van der Waals surface area contributed by atoms with Crippen LogP contribution in [0.2, 0.25) is 0 Å². The lowest BCUT2D eigenvalue weighted by Gasteiger charge is -2.21. The van der Waals surface area contributed by atoms with Crippen molar-refractivity contribution in [3.05, 3.63) is 119 Å². The van der Waals surface area contributed by atoms with Crippen molar-refractivity contribution in [2.24, 2.45) is 5.73 Å². The maximum atomic E-state index is 6.36. The van der Waals surface area contributed by atoms with Crippen molar-refractivity contribution in [3.63, 3.8) is 0 Å². The summed E-state index contributed by atoms with van der Waals surface area (Å²) in [5.41, 5.74) is 10.4. The quantitative estimate of drug-likeness (QED) is 0.514. The molecule has 4 rings (SSSR count). The van der Waals surface area contributed by atoms with Gasteiger partial charge in [0.05, 0.1) is 0 Å². The smallest absolute Gasteiger partial charge is 0.0180 e. The predicted molar refractivity (Wildman–Crippen MR) is 125 cm³/mol. The van der Waals surface area contributed by atoms with Gasteiger partial charge in [-0.1, -0.05) is 109 Å². The molecule has 0 amide bonds. The molecule has 1 unspecified atom stereocenters. The van der Waals surface area contributed by atoms with Gasteiger partial charge in [0.25, 0.3) is 0 Å². The standard InChI is InChI=1S/C28H27N/c1-21-9-5-8-14-26(21)27(18-15-22-10-3-2-4-11-22)28(20-29)25-17-16-23-12-6-7-13-24(23)19-25/h2-14,16-17,19,28H,1,15,18,20,29H2/b27-26+. The minimum atomic E-state index is 0.172. The second-order valence-electron chi connectivity index (χ2n) is 7.56. The monoisotopic (exact) mass is 377 g/mol. The maximum absolute atomic E-state index is 6.36. The molecule has 29 heavy (non-hydrogen) atoms. The van der Waals surface area contributed by atoms with Gasteiger partial charge in [-0.15, -0.1) is 0 Å². The third-order valence-corrected chi connectivity index (χ3v) is 5.72. The molecular weight excluding hydrogens is 350 g/mol. The van der Waals surface area contributed by atoms with Crippen molar-refractivity contribution >= 4 is 22.9 Å². The third kappa shape index (κ3) is 4.31. The average molecular weight is 378 g/mol. The van der Waals surface area contributed by atoms with E-state index < -0.39 is 0 Å². The number of aryl methyl sites for hydroxylation is 1. The lowest BCUT2D eigenvalue weighted by Crippen LogP contribution is -2.29. The van der Waals surface area contributed by atoms with Gasteiger partial charge in [-0.05, 0) is 45.2 Å². The molecule has 0 aromatic heterocycles. The first kappa shape index (κ1) is 19.2. The van der Waals surface area contributed by atoms with Crippen LogP contribution >= 0.6 is 0 Å². The van der Waals surface area contributed by atoms with E-state index in [-0.39, 0.29) is 5.92 Å². The van der Waals surface area contributed by atoms with Gasteiger partial charge in [0.2, 0.25) is 0 Å². The number of nitrogens with two attached hydrogens (primary N) is 1. The Morgan fingerprint density at radius 3 is 2.21 bits per heavy atom. The number of benzene rings is 4. The van der Waals surface area contributed by atoms with Crippen LogP contribution in [-0.4, -0.2) is 6.54 Å². The summed E-state index contributed by atoms with van der Waals surface area (Å²) < 4.78 is 0. The van der Waals surface area contributed by atoms with Gasteiger partial charge in [0, 0.05) is 12.5 Å². The van der Waals surface area contributed by atoms with E-state index in [1.807, 2.05) is 6.07 Å². The van der Waals surface area contributed by atoms with Crippen LogP contribution in [-0.2, 0) is 6.42 Å². The molecule has 0 saturated heterocycles. The van der Waals surface area contributed by atoms with Crippen LogP contribution in [0.4, 0.5) is 0 Å². The van der Waals surface area contributed by atoms with Gasteiger partial charge in [-0.2, -0.15) is 0 Å². The minimum absolute atomic E-state index is 0.172. The van der Waals surface area contributed by atoms with Crippen LogP contribution in [0.25, 0.3) is 22.9 Å². The van der Waals surface area contributed by atoms with E-state index in [0.29, 0.717) is 6.54 Å². The van der Waals surface area contributed by atoms with Crippen LogP contribution in [0.15, 0.2) is 97.1 Å². The molecule has 4 aromatic rings. The number of hydrogen-bond acceptors (Lipinski definition) is 1. The van der Waals surface area contributed by atoms with E-state index >= 15 is 0 Å². The summed E-state index contributed by atoms with van der Waals surface area (Å²) in [6.07, 6.45) is 1.96. The highest BCUT2D eigenvalue weighted by Gasteiger charge is 2.17. The molecule has 2 N–H and O–H groups in total. The first-order valence-corrected chi connectivity index (χ1v) is 10.3. The Morgan fingerprint density at radius 1 is 0.759 bits per heavy atom. The summed E-state index contributed by atoms with van der Waals surface area (Å²) in [5.74, 6) is 0.172. The molecule has 144 valence electrons. The Balaban J connectivity index is 1.81. The number of fused-ring (bicyclic) bond motifs is 1. The van der Waals surface area contributed by atoms with Crippen molar-refractivity contribution in [2.75, 3.05) is 6.54 Å². The summed E-state index contributed by atoms with van der Waals surface area (Å²) in [7, 11) is 0. The van der Waals surface area contributed by atoms with Gasteiger partial charge >= 0.3 is 0 Å². The Kier molecular flexibility index (Phi) is 5.88. The second-order valence-corrected chi connectivity index (χ2v) is 7.56. The highest BCUT2D eigenvalue weighted by Crippen LogP contribution is 2.29. The van der Waals surface area contributed by atoms with E-state index in [1.165, 1.54) is 32.7 Å². The lowest BCUT2D eigenvalue weighted by molar-refractivity contribution is 0.814. The van der Waals surface area contributed by atoms with Gasteiger partial charge in [-0.3, -0.25) is 0 Å². The summed E-state index contributed by atoms with van der Waals surface area (Å²) in [6, 6.07) is 34.3. The van der Waals surface area contributed by atoms with Crippen LogP contribution < -0.4 is 16.2 Å². The van der Waals surface area contributed by atoms with Gasteiger partial charge in [0.15, 0.2) is 0 Å². The fourth-order valence-electron chi connectivity index (χ4n) is 4.16. The largest absolute Gasteiger partial charge is 0.330 e. The fraction of sp³-hybridized carbons (Fsp3) is 0.143. The molecule has 0 aliphatic carbocycles. The Bertz CT molecular complexity index is 1210. The molecule has 0 heterocycles. The average Bonchev–Trinajstić information content (AvgIpc) is 2.78. The summed E-state index contributed by atoms with van der Waals surface area (Å²) >= 11 is 0. The van der Waals surface area contributed by atoms with Gasteiger partial charge < -0.3 is 5.73 Å². The van der Waals surface area contributed by atoms with Crippen molar-refractivity contribution in [3.8, 4) is 0 Å². The molecular formula is C28H27N. The molecule has 1 heteroatoms. The summed E-state index contributed by atoms with van der Waals surface area (Å²) in [6.45, 7) is 4.88. The molecule has 1 nitrogen and oxygen atoms in total. The van der Waals surface area contributed by atoms with E-state index in [2.05, 4.69) is 97.6 Å². The maximum Gasteiger partial charge on any atom is 0.0180 e. The minimum Gasteiger partial charge on any atom is -0.330 e. The van der Waals surface area contributed by atoms with E-state index in [1.54, 1.807) is 0 Å². The van der Waals surface area contributed by atoms with Crippen LogP contribution in [0.3, 0.4) is 0 Å². The number of hydrogen-bond donors (Lipinski definition) is 1. The molecule has 0 aliphatic heterocycles. The summed E-state index contributed by atoms with van der Waals surface area (Å²) in [5, 5.41) is 4.81. The molecule has 0 bridgehead atoms. The second kappa shape index (κ2) is 8.89. The van der Waals surface area contributed by atoms with Crippen LogP contribution in [0.1, 0.15) is 23.5 Å². The van der Waals surface area contributed by atoms with Crippen LogP contribution in [0.5, 0.6) is 0 Å². The first-order valence-electron chi connectivity index (χ1n) is 10.3. The third-order valence-electron chi connectivity index (χ3n) is 5.72. The van der Waals surface area contributed by atoms with Crippen LogP contribution in [0, 0.1) is 0 Å². The van der Waals surface area contributed by atoms with Gasteiger partial charge in [-0.25, -0.2) is 0 Å². The molecule has 0 aliphatic rings. The molecule has 0 spiro atoms. The molecule has 0 fully saturated rings. The summed E-state index contributed by atoms with van der Waals surface area (Å²) in [4.78, 5) is 0. The fourth-order valence-corrected chi connectivity index (χ4v) is 4.16. The molecule has 1 atom stereocenters. The Labute approximate surface area is 172 Å². The molecule has 0 saturated carbocycles. The van der Waals surface area contributed by atoms with Crippen molar-refractivity contribution in [1.82, 2.24) is 0 Å². The normalized spacial score (nSPS) is 13.3. The zero-order chi connectivity index (χ0) is 20.1. The Hall–Kier alpha value is -3.16. The van der Waals surface area contributed by atoms with E-state index in [0.717, 1.165) is 18.1 Å². The zero-order valence-electron chi connectivity index (χ0n) is 16.7. The lowest BCUT2D eigenvalue weighted by atomic mass is 9.85. The Morgan fingerprint density at radius 2 is 1.45 bits per heavy atom. The van der Waals surface area contributed by atoms with E-state index in [9.17, 15) is 0 Å². The first-order chi connectivity index (χ1) is 14.3. The predicted octanol–water partition coefficient (Wildman–Crippen LogP) is 4.78. The van der Waals surface area contributed by atoms with E-state index in [4.69, 9.17) is 5.73 Å². The van der Waals surface area contributed by atoms with Crippen molar-refractivity contribution < 1.29 is 0 Å². The van der Waals surface area contributed by atoms with Crippen molar-refractivity contribution in [1.29, 1.82) is 0 Å². The van der Waals surface area contributed by atoms with Crippen molar-refractivity contribution in [2.45, 2.75) is 18.8 Å². The zero-order valence-corrected chi connectivity index (χ0v) is 16.7. The molecule has 0 radical (unpaired) electrons. The topological polar surface area (TPSA) is 26.0 Å². The number of rotatable bonds is 6. The SMILES string of the molecule is C=c1cccc/c1=C(/CCc1ccccc1)C(CN)c1ccc2ccccc2c1.